The van der Waals surface area contributed by atoms with Crippen molar-refractivity contribution in [1.82, 2.24) is 19.9 Å². The third-order valence-corrected chi connectivity index (χ3v) is 6.95. The highest BCUT2D eigenvalue weighted by Crippen LogP contribution is 2.31. The van der Waals surface area contributed by atoms with Crippen LogP contribution in [0.15, 0.2) is 36.7 Å². The standard InChI is InChI=1S/C24H26Cl2FN7O/c1-15-13-32(23-22(26)28-5-6-29-23)7-8-33(15)21-12-20(17-3-4-19(27)18(25)11-17)30-24(31-21)34-9-10-35-14-16(34)2/h3-6,11-12,15-16H,7-10,13-14H2,1-2H3/t15-,16+/m1/s1. The van der Waals surface area contributed by atoms with E-state index in [2.05, 4.69) is 38.5 Å². The fourth-order valence-electron chi connectivity index (χ4n) is 4.54. The molecule has 8 nitrogen and oxygen atoms in total. The van der Waals surface area contributed by atoms with Gasteiger partial charge in [0.25, 0.3) is 0 Å². The number of hydrogen-bond acceptors (Lipinski definition) is 8. The summed E-state index contributed by atoms with van der Waals surface area (Å²) in [5, 5.41) is 0.459. The van der Waals surface area contributed by atoms with E-state index in [0.29, 0.717) is 62.0 Å². The maximum atomic E-state index is 13.8. The fourth-order valence-corrected chi connectivity index (χ4v) is 4.95. The van der Waals surface area contributed by atoms with Crippen LogP contribution in [0.25, 0.3) is 11.3 Å². The van der Waals surface area contributed by atoms with Crippen molar-refractivity contribution >= 4 is 40.8 Å². The van der Waals surface area contributed by atoms with Crippen LogP contribution < -0.4 is 14.7 Å². The molecule has 184 valence electrons. The van der Waals surface area contributed by atoms with Crippen molar-refractivity contribution in [3.63, 3.8) is 0 Å². The molecular weight excluding hydrogens is 492 g/mol. The molecule has 0 amide bonds. The highest BCUT2D eigenvalue weighted by molar-refractivity contribution is 6.31. The molecule has 2 atom stereocenters. The number of aromatic nitrogens is 4. The van der Waals surface area contributed by atoms with Crippen LogP contribution in [0.4, 0.5) is 22.0 Å². The topological polar surface area (TPSA) is 70.5 Å². The van der Waals surface area contributed by atoms with Crippen LogP contribution in [0.1, 0.15) is 13.8 Å². The molecule has 0 saturated carbocycles. The van der Waals surface area contributed by atoms with Gasteiger partial charge in [0.2, 0.25) is 5.95 Å². The van der Waals surface area contributed by atoms with Gasteiger partial charge in [0.15, 0.2) is 11.0 Å². The van der Waals surface area contributed by atoms with Crippen molar-refractivity contribution in [1.29, 1.82) is 0 Å². The van der Waals surface area contributed by atoms with Gasteiger partial charge in [-0.05, 0) is 32.0 Å². The van der Waals surface area contributed by atoms with Crippen LogP contribution in [-0.4, -0.2) is 71.4 Å². The van der Waals surface area contributed by atoms with Crippen LogP contribution in [-0.2, 0) is 4.74 Å². The summed E-state index contributed by atoms with van der Waals surface area (Å²) in [6, 6.07) is 6.86. The van der Waals surface area contributed by atoms with Gasteiger partial charge in [0, 0.05) is 56.2 Å². The predicted octanol–water partition coefficient (Wildman–Crippen LogP) is 4.32. The zero-order chi connectivity index (χ0) is 24.5. The molecule has 2 aromatic heterocycles. The van der Waals surface area contributed by atoms with E-state index in [-0.39, 0.29) is 17.1 Å². The Morgan fingerprint density at radius 1 is 0.971 bits per heavy atom. The lowest BCUT2D eigenvalue weighted by Crippen LogP contribution is -2.53. The van der Waals surface area contributed by atoms with Gasteiger partial charge in [-0.15, -0.1) is 0 Å². The zero-order valence-corrected chi connectivity index (χ0v) is 21.0. The van der Waals surface area contributed by atoms with Gasteiger partial charge in [-0.1, -0.05) is 23.2 Å². The normalized spacial score (nSPS) is 20.9. The summed E-state index contributed by atoms with van der Waals surface area (Å²) in [5.41, 5.74) is 1.43. The Hall–Kier alpha value is -2.75. The van der Waals surface area contributed by atoms with E-state index in [1.165, 1.54) is 6.07 Å². The average molecular weight is 518 g/mol. The summed E-state index contributed by atoms with van der Waals surface area (Å²) in [6.45, 7) is 8.30. The summed E-state index contributed by atoms with van der Waals surface area (Å²) in [4.78, 5) is 24.9. The van der Waals surface area contributed by atoms with E-state index < -0.39 is 5.82 Å². The number of nitrogens with zero attached hydrogens (tertiary/aromatic N) is 7. The molecule has 0 spiro atoms. The lowest BCUT2D eigenvalue weighted by molar-refractivity contribution is 0.0981. The molecule has 2 fully saturated rings. The quantitative estimate of drug-likeness (QED) is 0.506. The number of piperazine rings is 1. The summed E-state index contributed by atoms with van der Waals surface area (Å²) in [5.74, 6) is 1.66. The Morgan fingerprint density at radius 2 is 1.80 bits per heavy atom. The van der Waals surface area contributed by atoms with Gasteiger partial charge >= 0.3 is 0 Å². The molecule has 0 N–H and O–H groups in total. The second kappa shape index (κ2) is 10.1. The fraction of sp³-hybridized carbons (Fsp3) is 0.417. The second-order valence-electron chi connectivity index (χ2n) is 8.82. The monoisotopic (exact) mass is 517 g/mol. The molecule has 2 aliphatic rings. The molecule has 0 aliphatic carbocycles. The zero-order valence-electron chi connectivity index (χ0n) is 19.5. The number of anilines is 3. The Balaban J connectivity index is 1.49. The second-order valence-corrected chi connectivity index (χ2v) is 9.58. The molecule has 4 heterocycles. The number of hydrogen-bond donors (Lipinski definition) is 0. The Kier molecular flexibility index (Phi) is 6.91. The van der Waals surface area contributed by atoms with Crippen LogP contribution in [0.3, 0.4) is 0 Å². The van der Waals surface area contributed by atoms with Crippen molar-refractivity contribution in [2.45, 2.75) is 25.9 Å². The first-order valence-electron chi connectivity index (χ1n) is 11.6. The molecule has 11 heteroatoms. The van der Waals surface area contributed by atoms with Crippen LogP contribution in [0, 0.1) is 5.82 Å². The smallest absolute Gasteiger partial charge is 0.228 e. The lowest BCUT2D eigenvalue weighted by Gasteiger charge is -2.41. The van der Waals surface area contributed by atoms with Gasteiger partial charge in [-0.3, -0.25) is 0 Å². The first-order valence-corrected chi connectivity index (χ1v) is 12.3. The molecule has 5 rings (SSSR count). The van der Waals surface area contributed by atoms with Crippen molar-refractivity contribution in [2.75, 3.05) is 54.1 Å². The van der Waals surface area contributed by atoms with Crippen molar-refractivity contribution in [2.24, 2.45) is 0 Å². The summed E-state index contributed by atoms with van der Waals surface area (Å²) in [6.07, 6.45) is 3.24. The lowest BCUT2D eigenvalue weighted by atomic mass is 10.1. The largest absolute Gasteiger partial charge is 0.377 e. The number of benzene rings is 1. The van der Waals surface area contributed by atoms with E-state index >= 15 is 0 Å². The Morgan fingerprint density at radius 3 is 2.54 bits per heavy atom. The summed E-state index contributed by atoms with van der Waals surface area (Å²) < 4.78 is 19.5. The van der Waals surface area contributed by atoms with Crippen LogP contribution >= 0.6 is 23.2 Å². The maximum Gasteiger partial charge on any atom is 0.228 e. The van der Waals surface area contributed by atoms with Crippen LogP contribution in [0.2, 0.25) is 10.2 Å². The van der Waals surface area contributed by atoms with E-state index in [9.17, 15) is 4.39 Å². The first kappa shape index (κ1) is 24.0. The van der Waals surface area contributed by atoms with Gasteiger partial charge in [0.05, 0.1) is 30.0 Å². The number of rotatable bonds is 4. The Bertz CT molecular complexity index is 1220. The molecule has 35 heavy (non-hydrogen) atoms. The molecule has 2 aliphatic heterocycles. The predicted molar refractivity (Wildman–Crippen MR) is 136 cm³/mol. The molecular formula is C24H26Cl2FN7O. The van der Waals surface area contributed by atoms with E-state index in [0.717, 1.165) is 11.4 Å². The van der Waals surface area contributed by atoms with Gasteiger partial charge in [-0.2, -0.15) is 4.98 Å². The van der Waals surface area contributed by atoms with Gasteiger partial charge in [0.1, 0.15) is 11.6 Å². The van der Waals surface area contributed by atoms with Gasteiger partial charge < -0.3 is 19.4 Å². The first-order chi connectivity index (χ1) is 16.9. The van der Waals surface area contributed by atoms with Gasteiger partial charge in [-0.25, -0.2) is 19.3 Å². The minimum atomic E-state index is -0.459. The molecule has 2 saturated heterocycles. The summed E-state index contributed by atoms with van der Waals surface area (Å²) >= 11 is 12.4. The summed E-state index contributed by atoms with van der Waals surface area (Å²) in [7, 11) is 0. The van der Waals surface area contributed by atoms with Crippen molar-refractivity contribution in [3.05, 3.63) is 52.7 Å². The molecule has 3 aromatic rings. The molecule has 0 unspecified atom stereocenters. The minimum absolute atomic E-state index is 0.0618. The van der Waals surface area contributed by atoms with E-state index in [1.54, 1.807) is 24.5 Å². The number of halogens is 3. The third kappa shape index (κ3) is 4.98. The van der Waals surface area contributed by atoms with Crippen molar-refractivity contribution < 1.29 is 9.13 Å². The molecule has 0 radical (unpaired) electrons. The SMILES string of the molecule is C[C@@H]1CN(c2nccnc2Cl)CCN1c1cc(-c2ccc(F)c(Cl)c2)nc(N2CCOC[C@@H]2C)n1. The maximum absolute atomic E-state index is 13.8. The minimum Gasteiger partial charge on any atom is -0.377 e. The molecule has 0 bridgehead atoms. The average Bonchev–Trinajstić information content (AvgIpc) is 2.86. The number of morpholine rings is 1. The van der Waals surface area contributed by atoms with E-state index in [1.807, 2.05) is 6.07 Å². The highest BCUT2D eigenvalue weighted by atomic mass is 35.5. The number of ether oxygens (including phenoxy) is 1. The van der Waals surface area contributed by atoms with E-state index in [4.69, 9.17) is 37.9 Å². The highest BCUT2D eigenvalue weighted by Gasteiger charge is 2.29. The van der Waals surface area contributed by atoms with Crippen molar-refractivity contribution in [3.8, 4) is 11.3 Å². The van der Waals surface area contributed by atoms with Crippen LogP contribution in [0.5, 0.6) is 0 Å². The third-order valence-electron chi connectivity index (χ3n) is 6.40. The Labute approximate surface area is 213 Å². The molecule has 1 aromatic carbocycles.